The number of thiazole rings is 1. The molecule has 4 nitrogen and oxygen atoms in total. The summed E-state index contributed by atoms with van der Waals surface area (Å²) < 4.78 is 13.2. The first-order chi connectivity index (χ1) is 10.6. The van der Waals surface area contributed by atoms with Gasteiger partial charge in [-0.05, 0) is 30.5 Å². The van der Waals surface area contributed by atoms with Crippen LogP contribution in [0.15, 0.2) is 29.4 Å². The number of aliphatic imine (C=N–C) groups is 1. The van der Waals surface area contributed by atoms with E-state index in [2.05, 4.69) is 27.5 Å². The molecule has 0 fully saturated rings. The molecule has 0 aliphatic rings. The number of hydrogen-bond donors (Lipinski definition) is 2. The molecule has 0 unspecified atom stereocenters. The van der Waals surface area contributed by atoms with E-state index in [9.17, 15) is 4.39 Å². The molecule has 1 aromatic heterocycles. The first-order valence-electron chi connectivity index (χ1n) is 7.25. The van der Waals surface area contributed by atoms with Crippen LogP contribution >= 0.6 is 11.3 Å². The molecule has 1 aromatic carbocycles. The largest absolute Gasteiger partial charge is 0.352 e. The summed E-state index contributed by atoms with van der Waals surface area (Å²) in [4.78, 5) is 9.83. The lowest BCUT2D eigenvalue weighted by molar-refractivity contribution is 0.617. The van der Waals surface area contributed by atoms with Gasteiger partial charge in [0.25, 0.3) is 0 Å². The van der Waals surface area contributed by atoms with E-state index in [1.54, 1.807) is 31.4 Å². The zero-order valence-corrected chi connectivity index (χ0v) is 13.9. The van der Waals surface area contributed by atoms with Crippen molar-refractivity contribution in [1.82, 2.24) is 15.6 Å². The molecule has 0 radical (unpaired) electrons. The zero-order valence-electron chi connectivity index (χ0n) is 13.1. The number of halogens is 1. The van der Waals surface area contributed by atoms with E-state index in [1.807, 2.05) is 12.3 Å². The molecular weight excluding hydrogens is 299 g/mol. The average molecular weight is 320 g/mol. The number of rotatable bonds is 5. The Morgan fingerprint density at radius 3 is 2.73 bits per heavy atom. The Bertz CT molecular complexity index is 651. The molecule has 22 heavy (non-hydrogen) atoms. The lowest BCUT2D eigenvalue weighted by atomic mass is 10.1. The number of nitrogens with one attached hydrogen (secondary N) is 2. The summed E-state index contributed by atoms with van der Waals surface area (Å²) in [6.07, 6.45) is 2.92. The van der Waals surface area contributed by atoms with E-state index in [0.717, 1.165) is 17.0 Å². The molecule has 118 valence electrons. The van der Waals surface area contributed by atoms with E-state index in [-0.39, 0.29) is 5.82 Å². The average Bonchev–Trinajstić information content (AvgIpc) is 2.99. The highest BCUT2D eigenvalue weighted by atomic mass is 32.1. The summed E-state index contributed by atoms with van der Waals surface area (Å²) in [6.45, 7) is 5.13. The molecule has 0 saturated carbocycles. The second kappa shape index (κ2) is 7.89. The number of nitrogens with zero attached hydrogens (tertiary/aromatic N) is 2. The maximum absolute atomic E-state index is 13.2. The third-order valence-corrected chi connectivity index (χ3v) is 4.40. The van der Waals surface area contributed by atoms with Crippen LogP contribution in [0.1, 0.15) is 27.9 Å². The predicted molar refractivity (Wildman–Crippen MR) is 89.7 cm³/mol. The van der Waals surface area contributed by atoms with Crippen LogP contribution in [-0.4, -0.2) is 18.0 Å². The third-order valence-electron chi connectivity index (χ3n) is 3.26. The van der Waals surface area contributed by atoms with Crippen molar-refractivity contribution in [3.05, 3.63) is 51.2 Å². The minimum atomic E-state index is -0.179. The number of aromatic nitrogens is 1. The van der Waals surface area contributed by atoms with Gasteiger partial charge >= 0.3 is 0 Å². The second-order valence-corrected chi connectivity index (χ2v) is 6.14. The van der Waals surface area contributed by atoms with Crippen LogP contribution in [0.4, 0.5) is 4.39 Å². The van der Waals surface area contributed by atoms with Gasteiger partial charge in [0, 0.05) is 24.7 Å². The fourth-order valence-electron chi connectivity index (χ4n) is 1.98. The Kier molecular flexibility index (Phi) is 5.89. The number of aryl methyl sites for hydroxylation is 2. The molecule has 0 aliphatic heterocycles. The van der Waals surface area contributed by atoms with Crippen molar-refractivity contribution in [2.75, 3.05) is 7.05 Å². The fourth-order valence-corrected chi connectivity index (χ4v) is 2.78. The molecule has 2 N–H and O–H groups in total. The van der Waals surface area contributed by atoms with Crippen LogP contribution in [0, 0.1) is 12.7 Å². The third kappa shape index (κ3) is 4.53. The minimum Gasteiger partial charge on any atom is -0.352 e. The molecule has 6 heteroatoms. The van der Waals surface area contributed by atoms with Crippen molar-refractivity contribution in [3.8, 4) is 0 Å². The Hall–Kier alpha value is -1.95. The number of guanidine groups is 1. The summed E-state index contributed by atoms with van der Waals surface area (Å²) in [5, 5.41) is 7.49. The van der Waals surface area contributed by atoms with Crippen molar-refractivity contribution in [2.24, 2.45) is 4.99 Å². The molecule has 2 aromatic rings. The quantitative estimate of drug-likeness (QED) is 0.658. The van der Waals surface area contributed by atoms with Crippen molar-refractivity contribution in [1.29, 1.82) is 0 Å². The lowest BCUT2D eigenvalue weighted by Crippen LogP contribution is -2.36. The summed E-state index contributed by atoms with van der Waals surface area (Å²) >= 11 is 1.71. The molecule has 0 amide bonds. The van der Waals surface area contributed by atoms with Crippen LogP contribution in [0.25, 0.3) is 0 Å². The molecule has 0 spiro atoms. The zero-order chi connectivity index (χ0) is 15.9. The van der Waals surface area contributed by atoms with E-state index < -0.39 is 0 Å². The van der Waals surface area contributed by atoms with Gasteiger partial charge < -0.3 is 10.6 Å². The van der Waals surface area contributed by atoms with Crippen molar-refractivity contribution >= 4 is 17.3 Å². The van der Waals surface area contributed by atoms with E-state index in [4.69, 9.17) is 0 Å². The Labute approximate surface area is 134 Å². The molecule has 0 atom stereocenters. The van der Waals surface area contributed by atoms with Crippen LogP contribution in [0.2, 0.25) is 0 Å². The second-order valence-electron chi connectivity index (χ2n) is 4.94. The first kappa shape index (κ1) is 16.4. The molecule has 0 saturated heterocycles. The molecule has 0 bridgehead atoms. The van der Waals surface area contributed by atoms with Gasteiger partial charge in [0.2, 0.25) is 0 Å². The van der Waals surface area contributed by atoms with E-state index in [0.29, 0.717) is 24.6 Å². The van der Waals surface area contributed by atoms with Crippen molar-refractivity contribution < 1.29 is 4.39 Å². The Morgan fingerprint density at radius 1 is 1.32 bits per heavy atom. The van der Waals surface area contributed by atoms with E-state index >= 15 is 0 Å². The smallest absolute Gasteiger partial charge is 0.191 e. The maximum atomic E-state index is 13.2. The summed E-state index contributed by atoms with van der Waals surface area (Å²) in [5.74, 6) is 0.525. The van der Waals surface area contributed by atoms with Crippen LogP contribution in [0.3, 0.4) is 0 Å². The number of hydrogen-bond acceptors (Lipinski definition) is 3. The highest BCUT2D eigenvalue weighted by Crippen LogP contribution is 2.13. The Balaban J connectivity index is 1.85. The molecular formula is C16H21FN4S. The highest BCUT2D eigenvalue weighted by molar-refractivity contribution is 7.11. The Morgan fingerprint density at radius 2 is 2.09 bits per heavy atom. The normalized spacial score (nSPS) is 11.5. The van der Waals surface area contributed by atoms with Gasteiger partial charge in [-0.3, -0.25) is 4.99 Å². The molecule has 2 rings (SSSR count). The monoisotopic (exact) mass is 320 g/mol. The van der Waals surface area contributed by atoms with Crippen molar-refractivity contribution in [2.45, 2.75) is 33.4 Å². The molecule has 0 aliphatic carbocycles. The summed E-state index contributed by atoms with van der Waals surface area (Å²) in [7, 11) is 1.73. The van der Waals surface area contributed by atoms with Gasteiger partial charge in [0.1, 0.15) is 10.8 Å². The van der Waals surface area contributed by atoms with Gasteiger partial charge in [-0.1, -0.05) is 19.1 Å². The van der Waals surface area contributed by atoms with Gasteiger partial charge in [-0.25, -0.2) is 9.37 Å². The molecule has 1 heterocycles. The van der Waals surface area contributed by atoms with Gasteiger partial charge in [-0.2, -0.15) is 0 Å². The number of benzene rings is 1. The van der Waals surface area contributed by atoms with Crippen LogP contribution in [0.5, 0.6) is 0 Å². The van der Waals surface area contributed by atoms with E-state index in [1.165, 1.54) is 10.9 Å². The van der Waals surface area contributed by atoms with Crippen molar-refractivity contribution in [3.63, 3.8) is 0 Å². The summed E-state index contributed by atoms with van der Waals surface area (Å²) in [6, 6.07) is 5.10. The van der Waals surface area contributed by atoms with Gasteiger partial charge in [0.05, 0.1) is 6.54 Å². The predicted octanol–water partition coefficient (Wildman–Crippen LogP) is 3.02. The van der Waals surface area contributed by atoms with Crippen LogP contribution < -0.4 is 10.6 Å². The first-order valence-corrected chi connectivity index (χ1v) is 8.07. The van der Waals surface area contributed by atoms with Gasteiger partial charge in [0.15, 0.2) is 5.96 Å². The topological polar surface area (TPSA) is 49.3 Å². The SMILES string of the molecule is CCc1cnc(CNC(=NC)NCc2ccc(F)c(C)c2)s1. The van der Waals surface area contributed by atoms with Gasteiger partial charge in [-0.15, -0.1) is 11.3 Å². The highest BCUT2D eigenvalue weighted by Gasteiger charge is 2.04. The fraction of sp³-hybridized carbons (Fsp3) is 0.375. The summed E-state index contributed by atoms with van der Waals surface area (Å²) in [5.41, 5.74) is 1.67. The standard InChI is InChI=1S/C16H21FN4S/c1-4-13-9-19-15(22-13)10-21-16(18-3)20-8-12-5-6-14(17)11(2)7-12/h5-7,9H,4,8,10H2,1-3H3,(H2,18,20,21). The maximum Gasteiger partial charge on any atom is 0.191 e. The van der Waals surface area contributed by atoms with Crippen LogP contribution in [-0.2, 0) is 19.5 Å². The lowest BCUT2D eigenvalue weighted by Gasteiger charge is -2.11. The minimum absolute atomic E-state index is 0.179.